The number of rotatable bonds is 4. The zero-order chi connectivity index (χ0) is 14.1. The molecule has 4 heteroatoms. The Bertz CT molecular complexity index is 523. The Morgan fingerprint density at radius 3 is 2.75 bits per heavy atom. The van der Waals surface area contributed by atoms with E-state index in [2.05, 4.69) is 0 Å². The molecule has 1 fully saturated rings. The molecule has 20 heavy (non-hydrogen) atoms. The highest BCUT2D eigenvalue weighted by molar-refractivity contribution is 5.93. The fraction of sp³-hybridized carbons (Fsp3) is 0.625. The van der Waals surface area contributed by atoms with Crippen molar-refractivity contribution >= 4 is 11.8 Å². The number of fused-ring (bicyclic) bond motifs is 1. The third kappa shape index (κ3) is 2.51. The number of nitrogens with zero attached hydrogens (tertiary/aromatic N) is 2. The van der Waals surface area contributed by atoms with E-state index < -0.39 is 5.97 Å². The van der Waals surface area contributed by atoms with Gasteiger partial charge in [-0.25, -0.2) is 9.78 Å². The lowest BCUT2D eigenvalue weighted by molar-refractivity contribution is 0.0697. The van der Waals surface area contributed by atoms with Crippen molar-refractivity contribution in [2.24, 2.45) is 5.92 Å². The Balaban J connectivity index is 1.91. The minimum atomic E-state index is -0.860. The molecule has 1 saturated carbocycles. The second kappa shape index (κ2) is 5.43. The Morgan fingerprint density at radius 2 is 2.10 bits per heavy atom. The number of anilines is 1. The Hall–Kier alpha value is -1.58. The molecule has 0 amide bonds. The monoisotopic (exact) mass is 274 g/mol. The Kier molecular flexibility index (Phi) is 3.64. The first-order valence-corrected chi connectivity index (χ1v) is 7.62. The van der Waals surface area contributed by atoms with Crippen LogP contribution < -0.4 is 4.90 Å². The highest BCUT2D eigenvalue weighted by atomic mass is 16.4. The van der Waals surface area contributed by atoms with Crippen LogP contribution in [-0.2, 0) is 12.8 Å². The van der Waals surface area contributed by atoms with Crippen LogP contribution in [0.5, 0.6) is 0 Å². The van der Waals surface area contributed by atoms with Crippen molar-refractivity contribution < 1.29 is 9.90 Å². The third-order valence-electron chi connectivity index (χ3n) is 4.63. The Morgan fingerprint density at radius 1 is 1.35 bits per heavy atom. The summed E-state index contributed by atoms with van der Waals surface area (Å²) in [5.41, 5.74) is 2.61. The second-order valence-electron chi connectivity index (χ2n) is 6.16. The molecule has 2 aliphatic rings. The maximum absolute atomic E-state index is 11.5. The third-order valence-corrected chi connectivity index (χ3v) is 4.63. The van der Waals surface area contributed by atoms with Gasteiger partial charge in [0, 0.05) is 19.3 Å². The summed E-state index contributed by atoms with van der Waals surface area (Å²) in [4.78, 5) is 18.2. The molecule has 0 bridgehead atoms. The van der Waals surface area contributed by atoms with Crippen LogP contribution in [0.25, 0.3) is 0 Å². The molecule has 1 N–H and O–H groups in total. The number of pyridine rings is 1. The van der Waals surface area contributed by atoms with Gasteiger partial charge in [0.2, 0.25) is 0 Å². The van der Waals surface area contributed by atoms with Crippen LogP contribution in [0, 0.1) is 5.92 Å². The van der Waals surface area contributed by atoms with Crippen molar-refractivity contribution in [1.82, 2.24) is 4.98 Å². The van der Waals surface area contributed by atoms with Gasteiger partial charge in [-0.05, 0) is 56.1 Å². The molecule has 0 atom stereocenters. The molecule has 0 aromatic carbocycles. The summed E-state index contributed by atoms with van der Waals surface area (Å²) < 4.78 is 0. The van der Waals surface area contributed by atoms with Crippen molar-refractivity contribution in [3.05, 3.63) is 22.9 Å². The highest BCUT2D eigenvalue weighted by Gasteiger charge is 2.24. The van der Waals surface area contributed by atoms with E-state index in [0.717, 1.165) is 43.5 Å². The van der Waals surface area contributed by atoms with Crippen molar-refractivity contribution in [3.8, 4) is 0 Å². The normalized spacial score (nSPS) is 18.2. The minimum absolute atomic E-state index is 0.368. The summed E-state index contributed by atoms with van der Waals surface area (Å²) >= 11 is 0. The van der Waals surface area contributed by atoms with Gasteiger partial charge in [-0.15, -0.1) is 0 Å². The van der Waals surface area contributed by atoms with Gasteiger partial charge in [0.05, 0.1) is 0 Å². The fourth-order valence-electron chi connectivity index (χ4n) is 3.22. The maximum Gasteiger partial charge on any atom is 0.339 e. The van der Waals surface area contributed by atoms with Crippen LogP contribution in [0.1, 0.15) is 53.7 Å². The van der Waals surface area contributed by atoms with E-state index in [1.807, 2.05) is 18.0 Å². The van der Waals surface area contributed by atoms with Gasteiger partial charge in [0.15, 0.2) is 0 Å². The maximum atomic E-state index is 11.5. The first-order chi connectivity index (χ1) is 9.65. The van der Waals surface area contributed by atoms with Crippen LogP contribution >= 0.6 is 0 Å². The van der Waals surface area contributed by atoms with Gasteiger partial charge >= 0.3 is 5.97 Å². The van der Waals surface area contributed by atoms with Crippen molar-refractivity contribution in [2.75, 3.05) is 18.5 Å². The number of aromatic carboxylic acids is 1. The Labute approximate surface area is 119 Å². The van der Waals surface area contributed by atoms with Crippen LogP contribution in [0.4, 0.5) is 5.82 Å². The van der Waals surface area contributed by atoms with Crippen molar-refractivity contribution in [1.29, 1.82) is 0 Å². The van der Waals surface area contributed by atoms with Crippen molar-refractivity contribution in [3.63, 3.8) is 0 Å². The lowest BCUT2D eigenvalue weighted by Gasteiger charge is -2.32. The molecule has 0 aliphatic heterocycles. The molecule has 1 heterocycles. The summed E-state index contributed by atoms with van der Waals surface area (Å²) in [5, 5.41) is 9.45. The molecule has 2 aliphatic carbocycles. The molecular weight excluding hydrogens is 252 g/mol. The minimum Gasteiger partial charge on any atom is -0.478 e. The number of hydrogen-bond acceptors (Lipinski definition) is 3. The smallest absolute Gasteiger partial charge is 0.339 e. The molecule has 0 spiro atoms. The molecule has 0 unspecified atom stereocenters. The van der Waals surface area contributed by atoms with Gasteiger partial charge in [-0.2, -0.15) is 0 Å². The first kappa shape index (κ1) is 13.4. The van der Waals surface area contributed by atoms with Gasteiger partial charge in [0.25, 0.3) is 0 Å². The topological polar surface area (TPSA) is 53.4 Å². The standard InChI is InChI=1S/C16H22N2O2/c1-18(10-11-5-4-6-11)15-13(16(19)20)9-12-7-2-3-8-14(12)17-15/h9,11H,2-8,10H2,1H3,(H,19,20). The molecule has 0 radical (unpaired) electrons. The molecule has 0 saturated heterocycles. The molecule has 3 rings (SSSR count). The predicted molar refractivity (Wildman–Crippen MR) is 78.4 cm³/mol. The molecule has 108 valence electrons. The molecule has 1 aromatic heterocycles. The summed E-state index contributed by atoms with van der Waals surface area (Å²) in [5.74, 6) is 0.505. The summed E-state index contributed by atoms with van der Waals surface area (Å²) in [6, 6.07) is 1.86. The van der Waals surface area contributed by atoms with Gasteiger partial charge in [-0.1, -0.05) is 6.42 Å². The zero-order valence-electron chi connectivity index (χ0n) is 12.1. The van der Waals surface area contributed by atoms with E-state index in [1.165, 1.54) is 19.3 Å². The number of hydrogen-bond donors (Lipinski definition) is 1. The highest BCUT2D eigenvalue weighted by Crippen LogP contribution is 2.30. The first-order valence-electron chi connectivity index (χ1n) is 7.62. The predicted octanol–water partition coefficient (Wildman–Crippen LogP) is 2.89. The summed E-state index contributed by atoms with van der Waals surface area (Å²) in [7, 11) is 1.97. The average Bonchev–Trinajstić information content (AvgIpc) is 2.41. The van der Waals surface area contributed by atoms with Crippen LogP contribution in [0.3, 0.4) is 0 Å². The van der Waals surface area contributed by atoms with E-state index in [9.17, 15) is 9.90 Å². The lowest BCUT2D eigenvalue weighted by Crippen LogP contribution is -2.31. The van der Waals surface area contributed by atoms with E-state index >= 15 is 0 Å². The van der Waals surface area contributed by atoms with Crippen LogP contribution in [0.2, 0.25) is 0 Å². The number of carbonyl (C=O) groups is 1. The van der Waals surface area contributed by atoms with Crippen LogP contribution in [0.15, 0.2) is 6.07 Å². The number of carboxylic acid groups (broad SMARTS) is 1. The van der Waals surface area contributed by atoms with Crippen molar-refractivity contribution in [2.45, 2.75) is 44.9 Å². The van der Waals surface area contributed by atoms with Gasteiger partial charge < -0.3 is 10.0 Å². The SMILES string of the molecule is CN(CC1CCC1)c1nc2c(cc1C(=O)O)CCCC2. The molecule has 1 aromatic rings. The quantitative estimate of drug-likeness (QED) is 0.917. The number of aryl methyl sites for hydroxylation is 2. The van der Waals surface area contributed by atoms with Crippen LogP contribution in [-0.4, -0.2) is 29.7 Å². The van der Waals surface area contributed by atoms with E-state index in [0.29, 0.717) is 17.3 Å². The zero-order valence-corrected chi connectivity index (χ0v) is 12.1. The lowest BCUT2D eigenvalue weighted by atomic mass is 9.85. The average molecular weight is 274 g/mol. The molecular formula is C16H22N2O2. The number of carboxylic acids is 1. The largest absolute Gasteiger partial charge is 0.478 e. The second-order valence-corrected chi connectivity index (χ2v) is 6.16. The number of aromatic nitrogens is 1. The summed E-state index contributed by atoms with van der Waals surface area (Å²) in [6.45, 7) is 0.923. The van der Waals surface area contributed by atoms with E-state index in [1.54, 1.807) is 0 Å². The van der Waals surface area contributed by atoms with Gasteiger partial charge in [-0.3, -0.25) is 0 Å². The van der Waals surface area contributed by atoms with E-state index in [4.69, 9.17) is 4.98 Å². The fourth-order valence-corrected chi connectivity index (χ4v) is 3.22. The van der Waals surface area contributed by atoms with E-state index in [-0.39, 0.29) is 0 Å². The van der Waals surface area contributed by atoms with Gasteiger partial charge in [0.1, 0.15) is 11.4 Å². The summed E-state index contributed by atoms with van der Waals surface area (Å²) in [6.07, 6.45) is 8.09. The molecule has 4 nitrogen and oxygen atoms in total.